The van der Waals surface area contributed by atoms with Gasteiger partial charge in [0.05, 0.1) is 12.1 Å². The smallest absolute Gasteiger partial charge is 0.138 e. The molecule has 0 radical (unpaired) electrons. The Kier molecular flexibility index (Phi) is 5.97. The third-order valence-electron chi connectivity index (χ3n) is 3.05. The molecular weight excluding hydrogens is 281 g/mol. The van der Waals surface area contributed by atoms with Crippen molar-refractivity contribution in [2.75, 3.05) is 13.7 Å². The van der Waals surface area contributed by atoms with Crippen LogP contribution in [0.3, 0.4) is 0 Å². The highest BCUT2D eigenvalue weighted by molar-refractivity contribution is 6.34. The fraction of sp³-hybridized carbons (Fsp3) is 0.600. The number of hydrogen-bond acceptors (Lipinski definition) is 2. The molecule has 108 valence electrons. The summed E-state index contributed by atoms with van der Waals surface area (Å²) in [6, 6.07) is 3.84. The minimum atomic E-state index is 0.0523. The van der Waals surface area contributed by atoms with Gasteiger partial charge in [-0.25, -0.2) is 0 Å². The van der Waals surface area contributed by atoms with E-state index in [0.717, 1.165) is 18.5 Å². The van der Waals surface area contributed by atoms with E-state index in [2.05, 4.69) is 33.0 Å². The van der Waals surface area contributed by atoms with Gasteiger partial charge in [-0.2, -0.15) is 0 Å². The van der Waals surface area contributed by atoms with Gasteiger partial charge in [-0.3, -0.25) is 0 Å². The molecule has 2 nitrogen and oxygen atoms in total. The molecule has 0 fully saturated rings. The molecule has 1 rings (SSSR count). The quantitative estimate of drug-likeness (QED) is 0.818. The summed E-state index contributed by atoms with van der Waals surface area (Å²) < 4.78 is 5.19. The molecule has 4 heteroatoms. The molecule has 0 bridgehead atoms. The summed E-state index contributed by atoms with van der Waals surface area (Å²) in [4.78, 5) is 0. The molecule has 0 aliphatic heterocycles. The van der Waals surface area contributed by atoms with E-state index in [9.17, 15) is 0 Å². The molecule has 1 N–H and O–H groups in total. The Morgan fingerprint density at radius 2 is 1.84 bits per heavy atom. The predicted octanol–water partition coefficient (Wildman–Crippen LogP) is 5.09. The second-order valence-corrected chi connectivity index (χ2v) is 6.58. The lowest BCUT2D eigenvalue weighted by Gasteiger charge is -2.33. The van der Waals surface area contributed by atoms with E-state index in [0.29, 0.717) is 15.8 Å². The highest BCUT2D eigenvalue weighted by atomic mass is 35.5. The van der Waals surface area contributed by atoms with Crippen LogP contribution in [0, 0.1) is 5.41 Å². The fourth-order valence-corrected chi connectivity index (χ4v) is 2.60. The molecule has 0 saturated carbocycles. The van der Waals surface area contributed by atoms with Crippen molar-refractivity contribution in [3.8, 4) is 5.75 Å². The van der Waals surface area contributed by atoms with Gasteiger partial charge in [0.25, 0.3) is 0 Å². The average Bonchev–Trinajstić information content (AvgIpc) is 2.31. The Hall–Kier alpha value is -0.440. The van der Waals surface area contributed by atoms with E-state index in [1.807, 2.05) is 6.07 Å². The first-order valence-corrected chi connectivity index (χ1v) is 7.33. The number of methoxy groups -OCH3 is 1. The van der Waals surface area contributed by atoms with Crippen LogP contribution >= 0.6 is 23.2 Å². The maximum absolute atomic E-state index is 6.38. The summed E-state index contributed by atoms with van der Waals surface area (Å²) in [6.07, 6.45) is 1.08. The van der Waals surface area contributed by atoms with Crippen LogP contribution in [0.4, 0.5) is 0 Å². The molecule has 0 aromatic heterocycles. The van der Waals surface area contributed by atoms with Crippen LogP contribution in [0.25, 0.3) is 0 Å². The number of halogens is 2. The van der Waals surface area contributed by atoms with Crippen LogP contribution in [0.15, 0.2) is 12.1 Å². The van der Waals surface area contributed by atoms with E-state index < -0.39 is 0 Å². The zero-order chi connectivity index (χ0) is 14.6. The second kappa shape index (κ2) is 6.83. The molecule has 0 amide bonds. The van der Waals surface area contributed by atoms with Gasteiger partial charge in [0, 0.05) is 17.1 Å². The highest BCUT2D eigenvalue weighted by Gasteiger charge is 2.28. The van der Waals surface area contributed by atoms with E-state index in [1.165, 1.54) is 0 Å². The molecule has 1 unspecified atom stereocenters. The minimum absolute atomic E-state index is 0.0523. The van der Waals surface area contributed by atoms with Gasteiger partial charge < -0.3 is 10.1 Å². The lowest BCUT2D eigenvalue weighted by atomic mass is 9.82. The predicted molar refractivity (Wildman–Crippen MR) is 83.5 cm³/mol. The Morgan fingerprint density at radius 3 is 2.32 bits per heavy atom. The number of benzene rings is 1. The summed E-state index contributed by atoms with van der Waals surface area (Å²) in [7, 11) is 1.59. The summed E-state index contributed by atoms with van der Waals surface area (Å²) in [5.41, 5.74) is 1.07. The molecule has 1 atom stereocenters. The average molecular weight is 304 g/mol. The number of hydrogen-bond donors (Lipinski definition) is 1. The third-order valence-corrected chi connectivity index (χ3v) is 3.67. The van der Waals surface area contributed by atoms with Gasteiger partial charge in [-0.05, 0) is 30.0 Å². The van der Waals surface area contributed by atoms with E-state index in [4.69, 9.17) is 27.9 Å². The first-order valence-electron chi connectivity index (χ1n) is 6.57. The molecule has 1 aromatic carbocycles. The zero-order valence-corrected chi connectivity index (χ0v) is 13.8. The third kappa shape index (κ3) is 4.27. The minimum Gasteiger partial charge on any atom is -0.495 e. The summed E-state index contributed by atoms with van der Waals surface area (Å²) in [5, 5.41) is 4.82. The molecule has 0 heterocycles. The molecule has 19 heavy (non-hydrogen) atoms. The van der Waals surface area contributed by atoms with Crippen molar-refractivity contribution in [1.29, 1.82) is 0 Å². The van der Waals surface area contributed by atoms with Crippen LogP contribution in [-0.4, -0.2) is 13.7 Å². The van der Waals surface area contributed by atoms with Gasteiger partial charge in [0.15, 0.2) is 0 Å². The number of ether oxygens (including phenoxy) is 1. The molecule has 0 aliphatic rings. The van der Waals surface area contributed by atoms with Crippen molar-refractivity contribution in [3.05, 3.63) is 27.7 Å². The van der Waals surface area contributed by atoms with Gasteiger partial charge in [0.1, 0.15) is 5.75 Å². The van der Waals surface area contributed by atoms with Gasteiger partial charge in [0.2, 0.25) is 0 Å². The monoisotopic (exact) mass is 303 g/mol. The topological polar surface area (TPSA) is 21.3 Å². The van der Waals surface area contributed by atoms with Crippen LogP contribution in [0.5, 0.6) is 5.75 Å². The Balaban J connectivity index is 3.19. The van der Waals surface area contributed by atoms with Crippen LogP contribution in [0.1, 0.15) is 45.7 Å². The van der Waals surface area contributed by atoms with Gasteiger partial charge in [-0.1, -0.05) is 50.9 Å². The van der Waals surface area contributed by atoms with Gasteiger partial charge in [-0.15, -0.1) is 0 Å². The van der Waals surface area contributed by atoms with Crippen molar-refractivity contribution in [1.82, 2.24) is 5.32 Å². The summed E-state index contributed by atoms with van der Waals surface area (Å²) >= 11 is 12.6. The maximum atomic E-state index is 6.38. The highest BCUT2D eigenvalue weighted by Crippen LogP contribution is 2.40. The normalized spacial score (nSPS) is 13.4. The fourth-order valence-electron chi connectivity index (χ4n) is 2.09. The SMILES string of the molecule is CCCNC(c1cc(Cl)c(OC)cc1Cl)C(C)(C)C. The Morgan fingerprint density at radius 1 is 1.21 bits per heavy atom. The first-order chi connectivity index (χ1) is 8.81. The summed E-state index contributed by atoms with van der Waals surface area (Å²) in [5.74, 6) is 0.610. The molecule has 0 spiro atoms. The van der Waals surface area contributed by atoms with Crippen LogP contribution in [0.2, 0.25) is 10.0 Å². The van der Waals surface area contributed by atoms with Crippen molar-refractivity contribution >= 4 is 23.2 Å². The number of rotatable bonds is 5. The Bertz CT molecular complexity index is 427. The Labute approximate surface area is 126 Å². The van der Waals surface area contributed by atoms with Crippen molar-refractivity contribution in [3.63, 3.8) is 0 Å². The van der Waals surface area contributed by atoms with Crippen molar-refractivity contribution < 1.29 is 4.74 Å². The van der Waals surface area contributed by atoms with E-state index in [1.54, 1.807) is 13.2 Å². The number of nitrogens with one attached hydrogen (secondary N) is 1. The lowest BCUT2D eigenvalue weighted by molar-refractivity contribution is 0.273. The maximum Gasteiger partial charge on any atom is 0.138 e. The molecule has 1 aromatic rings. The van der Waals surface area contributed by atoms with Crippen molar-refractivity contribution in [2.24, 2.45) is 5.41 Å². The summed E-state index contributed by atoms with van der Waals surface area (Å²) in [6.45, 7) is 9.66. The lowest BCUT2D eigenvalue weighted by Crippen LogP contribution is -2.33. The molecular formula is C15H23Cl2NO. The van der Waals surface area contributed by atoms with Crippen LogP contribution in [-0.2, 0) is 0 Å². The van der Waals surface area contributed by atoms with Gasteiger partial charge >= 0.3 is 0 Å². The zero-order valence-electron chi connectivity index (χ0n) is 12.3. The largest absolute Gasteiger partial charge is 0.495 e. The molecule has 0 aliphatic carbocycles. The second-order valence-electron chi connectivity index (χ2n) is 5.76. The first kappa shape index (κ1) is 16.6. The van der Waals surface area contributed by atoms with Crippen molar-refractivity contribution in [2.45, 2.75) is 40.2 Å². The van der Waals surface area contributed by atoms with E-state index in [-0.39, 0.29) is 11.5 Å². The standard InChI is InChI=1S/C15H23Cl2NO/c1-6-7-18-14(15(2,3)4)10-8-12(17)13(19-5)9-11(10)16/h8-9,14,18H,6-7H2,1-5H3. The molecule has 0 saturated heterocycles. The van der Waals surface area contributed by atoms with Crippen LogP contribution < -0.4 is 10.1 Å². The van der Waals surface area contributed by atoms with E-state index >= 15 is 0 Å².